The van der Waals surface area contributed by atoms with Crippen LogP contribution in [0.4, 0.5) is 23.2 Å². The monoisotopic (exact) mass is 324 g/mol. The topological polar surface area (TPSA) is 27.0 Å². The lowest BCUT2D eigenvalue weighted by Crippen LogP contribution is -2.34. The Labute approximate surface area is 110 Å². The van der Waals surface area contributed by atoms with Gasteiger partial charge in [-0.2, -0.15) is 18.4 Å². The van der Waals surface area contributed by atoms with E-state index in [4.69, 9.17) is 5.26 Å². The largest absolute Gasteiger partial charge is 0.405 e. The molecular formula is C11H9BrF4N2. The number of nitrogens with zero attached hydrogens (tertiary/aromatic N) is 2. The van der Waals surface area contributed by atoms with E-state index in [0.717, 1.165) is 4.90 Å². The van der Waals surface area contributed by atoms with Crippen LogP contribution in [-0.4, -0.2) is 19.3 Å². The van der Waals surface area contributed by atoms with Crippen LogP contribution in [0.25, 0.3) is 0 Å². The van der Waals surface area contributed by atoms with E-state index in [0.29, 0.717) is 0 Å². The first-order valence-electron chi connectivity index (χ1n) is 5.00. The van der Waals surface area contributed by atoms with Crippen molar-refractivity contribution in [2.24, 2.45) is 0 Å². The molecule has 2 nitrogen and oxygen atoms in total. The van der Waals surface area contributed by atoms with E-state index >= 15 is 0 Å². The van der Waals surface area contributed by atoms with Crippen LogP contribution in [0.1, 0.15) is 12.5 Å². The second-order valence-corrected chi connectivity index (χ2v) is 4.29. The number of hydrogen-bond donors (Lipinski definition) is 0. The molecule has 0 atom stereocenters. The first-order valence-corrected chi connectivity index (χ1v) is 5.79. The summed E-state index contributed by atoms with van der Waals surface area (Å²) in [6.45, 7) is 0.269. The van der Waals surface area contributed by atoms with Crippen LogP contribution in [0.3, 0.4) is 0 Å². The van der Waals surface area contributed by atoms with E-state index in [-0.39, 0.29) is 22.3 Å². The SMILES string of the molecule is CCN(CC(F)(F)F)c1ccc(C#N)c(Br)c1F. The number of alkyl halides is 3. The lowest BCUT2D eigenvalue weighted by atomic mass is 10.2. The molecule has 0 fully saturated rings. The van der Waals surface area contributed by atoms with Crippen molar-refractivity contribution >= 4 is 21.6 Å². The van der Waals surface area contributed by atoms with Crippen molar-refractivity contribution in [3.63, 3.8) is 0 Å². The minimum absolute atomic E-state index is 0.00870. The van der Waals surface area contributed by atoms with Gasteiger partial charge in [-0.3, -0.25) is 0 Å². The summed E-state index contributed by atoms with van der Waals surface area (Å²) >= 11 is 2.86. The second-order valence-electron chi connectivity index (χ2n) is 3.50. The summed E-state index contributed by atoms with van der Waals surface area (Å²) in [5.41, 5.74) is -0.139. The summed E-state index contributed by atoms with van der Waals surface area (Å²) in [4.78, 5) is 0.862. The molecule has 0 saturated heterocycles. The standard InChI is InChI=1S/C11H9BrF4N2/c1-2-18(6-11(14,15)16)8-4-3-7(5-17)9(12)10(8)13/h3-4H,2,6H2,1H3. The molecular weight excluding hydrogens is 316 g/mol. The molecule has 0 aliphatic rings. The minimum atomic E-state index is -4.41. The molecule has 0 aromatic heterocycles. The zero-order valence-corrected chi connectivity index (χ0v) is 10.9. The molecule has 1 rings (SSSR count). The third-order valence-electron chi connectivity index (χ3n) is 2.27. The van der Waals surface area contributed by atoms with Crippen LogP contribution in [0.2, 0.25) is 0 Å². The van der Waals surface area contributed by atoms with Gasteiger partial charge in [-0.1, -0.05) is 0 Å². The van der Waals surface area contributed by atoms with Gasteiger partial charge in [-0.15, -0.1) is 0 Å². The molecule has 0 radical (unpaired) electrons. The zero-order valence-electron chi connectivity index (χ0n) is 9.35. The summed E-state index contributed by atoms with van der Waals surface area (Å²) in [5.74, 6) is -0.861. The number of nitriles is 1. The first kappa shape index (κ1) is 14.8. The number of hydrogen-bond acceptors (Lipinski definition) is 2. The van der Waals surface area contributed by atoms with Crippen molar-refractivity contribution < 1.29 is 17.6 Å². The minimum Gasteiger partial charge on any atom is -0.360 e. The number of anilines is 1. The molecule has 0 heterocycles. The fourth-order valence-corrected chi connectivity index (χ4v) is 1.88. The Morgan fingerprint density at radius 3 is 2.44 bits per heavy atom. The van der Waals surface area contributed by atoms with Crippen LogP contribution in [-0.2, 0) is 0 Å². The highest BCUT2D eigenvalue weighted by Crippen LogP contribution is 2.30. The Balaban J connectivity index is 3.16. The molecule has 0 saturated carbocycles. The molecule has 1 aromatic carbocycles. The Kier molecular flexibility index (Phi) is 4.57. The first-order chi connectivity index (χ1) is 8.30. The lowest BCUT2D eigenvalue weighted by molar-refractivity contribution is -0.119. The van der Waals surface area contributed by atoms with E-state index in [1.54, 1.807) is 6.07 Å². The van der Waals surface area contributed by atoms with Crippen molar-refractivity contribution in [3.8, 4) is 6.07 Å². The van der Waals surface area contributed by atoms with Crippen molar-refractivity contribution in [1.29, 1.82) is 5.26 Å². The number of rotatable bonds is 3. The van der Waals surface area contributed by atoms with Crippen molar-refractivity contribution in [1.82, 2.24) is 0 Å². The molecule has 0 aliphatic carbocycles. The average Bonchev–Trinajstić information content (AvgIpc) is 2.29. The van der Waals surface area contributed by atoms with Gasteiger partial charge < -0.3 is 4.90 Å². The van der Waals surface area contributed by atoms with E-state index in [1.165, 1.54) is 19.1 Å². The van der Waals surface area contributed by atoms with Gasteiger partial charge in [0.15, 0.2) is 5.82 Å². The molecule has 98 valence electrons. The van der Waals surface area contributed by atoms with Gasteiger partial charge in [0, 0.05) is 6.54 Å². The Morgan fingerprint density at radius 2 is 2.00 bits per heavy atom. The zero-order chi connectivity index (χ0) is 13.9. The number of benzene rings is 1. The van der Waals surface area contributed by atoms with Gasteiger partial charge in [0.2, 0.25) is 0 Å². The Morgan fingerprint density at radius 1 is 1.39 bits per heavy atom. The van der Waals surface area contributed by atoms with Gasteiger partial charge in [-0.05, 0) is 35.0 Å². The highest BCUT2D eigenvalue weighted by Gasteiger charge is 2.31. The summed E-state index contributed by atoms with van der Waals surface area (Å²) < 4.78 is 50.7. The van der Waals surface area contributed by atoms with Crippen molar-refractivity contribution in [3.05, 3.63) is 28.0 Å². The summed E-state index contributed by atoms with van der Waals surface area (Å²) in [7, 11) is 0. The van der Waals surface area contributed by atoms with Crippen molar-refractivity contribution in [2.75, 3.05) is 18.0 Å². The van der Waals surface area contributed by atoms with Gasteiger partial charge in [0.1, 0.15) is 12.6 Å². The summed E-state index contributed by atoms with van der Waals surface area (Å²) in [6.07, 6.45) is -4.41. The van der Waals surface area contributed by atoms with Crippen LogP contribution in [0, 0.1) is 17.1 Å². The maximum atomic E-state index is 13.9. The fourth-order valence-electron chi connectivity index (χ4n) is 1.45. The van der Waals surface area contributed by atoms with E-state index in [1.807, 2.05) is 0 Å². The van der Waals surface area contributed by atoms with Crippen LogP contribution in [0.15, 0.2) is 16.6 Å². The highest BCUT2D eigenvalue weighted by atomic mass is 79.9. The van der Waals surface area contributed by atoms with E-state index in [2.05, 4.69) is 15.9 Å². The summed E-state index contributed by atoms with van der Waals surface area (Å²) in [6, 6.07) is 4.19. The molecule has 0 amide bonds. The van der Waals surface area contributed by atoms with Crippen LogP contribution >= 0.6 is 15.9 Å². The quantitative estimate of drug-likeness (QED) is 0.790. The molecule has 0 spiro atoms. The van der Waals surface area contributed by atoms with Gasteiger partial charge in [-0.25, -0.2) is 4.39 Å². The Bertz CT molecular complexity index is 479. The van der Waals surface area contributed by atoms with E-state index in [9.17, 15) is 17.6 Å². The maximum Gasteiger partial charge on any atom is 0.405 e. The summed E-state index contributed by atoms with van der Waals surface area (Å²) in [5, 5.41) is 8.68. The van der Waals surface area contributed by atoms with Gasteiger partial charge in [0.25, 0.3) is 0 Å². The fraction of sp³-hybridized carbons (Fsp3) is 0.364. The van der Waals surface area contributed by atoms with Crippen molar-refractivity contribution in [2.45, 2.75) is 13.1 Å². The Hall–Kier alpha value is -1.29. The molecule has 0 N–H and O–H groups in total. The smallest absolute Gasteiger partial charge is 0.360 e. The van der Waals surface area contributed by atoms with Gasteiger partial charge in [0.05, 0.1) is 15.7 Å². The molecule has 1 aromatic rings. The molecule has 0 unspecified atom stereocenters. The second kappa shape index (κ2) is 5.57. The normalized spacial score (nSPS) is 11.2. The number of halogens is 5. The molecule has 7 heteroatoms. The van der Waals surface area contributed by atoms with Crippen LogP contribution < -0.4 is 4.90 Å². The predicted octanol–water partition coefficient (Wildman–Crippen LogP) is 3.85. The third-order valence-corrected chi connectivity index (χ3v) is 3.05. The molecule has 0 bridgehead atoms. The predicted molar refractivity (Wildman–Crippen MR) is 62.8 cm³/mol. The average molecular weight is 325 g/mol. The molecule has 0 aliphatic heterocycles. The highest BCUT2D eigenvalue weighted by molar-refractivity contribution is 9.10. The maximum absolute atomic E-state index is 13.9. The van der Waals surface area contributed by atoms with Gasteiger partial charge >= 0.3 is 6.18 Å². The van der Waals surface area contributed by atoms with E-state index < -0.39 is 18.5 Å². The molecule has 18 heavy (non-hydrogen) atoms. The third kappa shape index (κ3) is 3.35. The van der Waals surface area contributed by atoms with Crippen LogP contribution in [0.5, 0.6) is 0 Å². The lowest BCUT2D eigenvalue weighted by Gasteiger charge is -2.25.